The van der Waals surface area contributed by atoms with Crippen molar-refractivity contribution in [2.75, 3.05) is 33.3 Å². The molecule has 29 heavy (non-hydrogen) atoms. The van der Waals surface area contributed by atoms with Crippen LogP contribution in [0.2, 0.25) is 0 Å². The summed E-state index contributed by atoms with van der Waals surface area (Å²) in [6, 6.07) is 8.65. The van der Waals surface area contributed by atoms with E-state index in [1.54, 1.807) is 7.11 Å². The largest absolute Gasteiger partial charge is 0.496 e. The number of hydrogen-bond acceptors (Lipinski definition) is 3. The molecule has 1 saturated carbocycles. The smallest absolute Gasteiger partial charge is 0.220 e. The van der Waals surface area contributed by atoms with E-state index in [-0.39, 0.29) is 40.7 Å². The van der Waals surface area contributed by atoms with Gasteiger partial charge in [0.25, 0.3) is 0 Å². The van der Waals surface area contributed by atoms with Gasteiger partial charge in [-0.15, -0.1) is 24.0 Å². The fourth-order valence-corrected chi connectivity index (χ4v) is 4.96. The maximum absolute atomic E-state index is 11.8. The highest BCUT2D eigenvalue weighted by Crippen LogP contribution is 2.51. The number of benzene rings is 1. The highest BCUT2D eigenvalue weighted by molar-refractivity contribution is 14.0. The van der Waals surface area contributed by atoms with Gasteiger partial charge in [0.15, 0.2) is 5.96 Å². The number of carbonyl (C=O) groups excluding carboxylic acids is 1. The van der Waals surface area contributed by atoms with E-state index in [1.165, 1.54) is 5.56 Å². The molecule has 1 aliphatic carbocycles. The average Bonchev–Trinajstić information content (AvgIpc) is 3.23. The van der Waals surface area contributed by atoms with Gasteiger partial charge in [-0.3, -0.25) is 9.79 Å². The van der Waals surface area contributed by atoms with Crippen molar-refractivity contribution in [1.29, 1.82) is 0 Å². The number of piperidine rings is 1. The number of likely N-dealkylation sites (tertiary alicyclic amines) is 1. The minimum Gasteiger partial charge on any atom is -0.496 e. The van der Waals surface area contributed by atoms with Crippen LogP contribution in [0, 0.1) is 5.41 Å². The Morgan fingerprint density at radius 3 is 2.90 bits per heavy atom. The standard InChI is InChI=1S/C22H32N4O2.HI/c1-4-23-20(26-11-7-10-22(15-26)13-19(27)24-14-22)25-18-12-21(18,2)16-8-5-6-9-17(16)28-3;/h5-6,8-9,18H,4,7,10-15H2,1-3H3,(H,23,25)(H,24,27);1H. The Balaban J connectivity index is 0.00000240. The molecule has 1 aromatic carbocycles. The molecule has 0 bridgehead atoms. The van der Waals surface area contributed by atoms with Crippen LogP contribution >= 0.6 is 24.0 Å². The van der Waals surface area contributed by atoms with Crippen molar-refractivity contribution in [3.63, 3.8) is 0 Å². The molecule has 6 nitrogen and oxygen atoms in total. The lowest BCUT2D eigenvalue weighted by Gasteiger charge is -2.41. The molecule has 2 aliphatic heterocycles. The number of carbonyl (C=O) groups is 1. The second kappa shape index (κ2) is 8.70. The molecule has 1 amide bonds. The predicted molar refractivity (Wildman–Crippen MR) is 126 cm³/mol. The number of amides is 1. The molecule has 4 rings (SSSR count). The summed E-state index contributed by atoms with van der Waals surface area (Å²) in [5.41, 5.74) is 1.38. The summed E-state index contributed by atoms with van der Waals surface area (Å²) < 4.78 is 5.60. The van der Waals surface area contributed by atoms with Crippen LogP contribution in [-0.2, 0) is 10.2 Å². The van der Waals surface area contributed by atoms with Crippen molar-refractivity contribution in [3.8, 4) is 5.75 Å². The summed E-state index contributed by atoms with van der Waals surface area (Å²) in [7, 11) is 1.74. The highest BCUT2D eigenvalue weighted by atomic mass is 127. The third-order valence-electron chi connectivity index (χ3n) is 6.73. The Morgan fingerprint density at radius 1 is 1.41 bits per heavy atom. The van der Waals surface area contributed by atoms with Crippen LogP contribution in [0.3, 0.4) is 0 Å². The Kier molecular flexibility index (Phi) is 6.65. The highest BCUT2D eigenvalue weighted by Gasteiger charge is 2.54. The summed E-state index contributed by atoms with van der Waals surface area (Å²) >= 11 is 0. The van der Waals surface area contributed by atoms with Gasteiger partial charge in [0.05, 0.1) is 7.11 Å². The van der Waals surface area contributed by atoms with E-state index in [1.807, 2.05) is 12.1 Å². The van der Waals surface area contributed by atoms with E-state index in [4.69, 9.17) is 9.73 Å². The van der Waals surface area contributed by atoms with Crippen LogP contribution in [0.1, 0.15) is 45.1 Å². The Hall–Kier alpha value is -1.51. The van der Waals surface area contributed by atoms with Gasteiger partial charge in [-0.2, -0.15) is 0 Å². The molecule has 0 aromatic heterocycles. The van der Waals surface area contributed by atoms with Gasteiger partial charge in [0, 0.05) is 55.0 Å². The maximum atomic E-state index is 11.8. The maximum Gasteiger partial charge on any atom is 0.220 e. The molecular weight excluding hydrogens is 479 g/mol. The fraction of sp³-hybridized carbons (Fsp3) is 0.636. The first kappa shape index (κ1) is 22.2. The molecule has 1 spiro atoms. The van der Waals surface area contributed by atoms with Gasteiger partial charge in [-0.05, 0) is 32.3 Å². The lowest BCUT2D eigenvalue weighted by Crippen LogP contribution is -2.52. The SMILES string of the molecule is CCN=C(NC1CC1(C)c1ccccc1OC)N1CCCC2(CNC(=O)C2)C1.I. The molecule has 2 N–H and O–H groups in total. The van der Waals surface area contributed by atoms with E-state index in [2.05, 4.69) is 41.5 Å². The molecule has 3 fully saturated rings. The molecule has 2 heterocycles. The minimum atomic E-state index is 0. The Bertz CT molecular complexity index is 786. The third-order valence-corrected chi connectivity index (χ3v) is 6.73. The number of guanidine groups is 1. The Morgan fingerprint density at radius 2 is 2.21 bits per heavy atom. The quantitative estimate of drug-likeness (QED) is 0.370. The number of rotatable bonds is 4. The van der Waals surface area contributed by atoms with E-state index in [0.29, 0.717) is 12.5 Å². The summed E-state index contributed by atoms with van der Waals surface area (Å²) in [6.45, 7) is 7.82. The van der Waals surface area contributed by atoms with Gasteiger partial charge in [-0.25, -0.2) is 0 Å². The number of halogens is 1. The first-order chi connectivity index (χ1) is 13.5. The van der Waals surface area contributed by atoms with Gasteiger partial charge in [0.1, 0.15) is 5.75 Å². The predicted octanol–water partition coefficient (Wildman–Crippen LogP) is 2.91. The third kappa shape index (κ3) is 4.34. The monoisotopic (exact) mass is 512 g/mol. The molecule has 160 valence electrons. The number of aliphatic imine (C=N–C) groups is 1. The van der Waals surface area contributed by atoms with Crippen LogP contribution in [0.4, 0.5) is 0 Å². The molecule has 3 aliphatic rings. The van der Waals surface area contributed by atoms with Crippen LogP contribution < -0.4 is 15.4 Å². The van der Waals surface area contributed by atoms with Crippen molar-refractivity contribution < 1.29 is 9.53 Å². The normalized spacial score (nSPS) is 31.3. The van der Waals surface area contributed by atoms with Crippen LogP contribution in [0.15, 0.2) is 29.3 Å². The van der Waals surface area contributed by atoms with E-state index in [9.17, 15) is 4.79 Å². The number of nitrogens with zero attached hydrogens (tertiary/aromatic N) is 2. The molecule has 0 radical (unpaired) electrons. The van der Waals surface area contributed by atoms with Crippen LogP contribution in [-0.4, -0.2) is 56.1 Å². The molecule has 3 unspecified atom stereocenters. The first-order valence-corrected chi connectivity index (χ1v) is 10.5. The zero-order valence-electron chi connectivity index (χ0n) is 17.7. The van der Waals surface area contributed by atoms with Crippen LogP contribution in [0.25, 0.3) is 0 Å². The van der Waals surface area contributed by atoms with E-state index < -0.39 is 0 Å². The van der Waals surface area contributed by atoms with E-state index in [0.717, 1.165) is 57.2 Å². The molecule has 1 aromatic rings. The number of ether oxygens (including phenoxy) is 1. The average molecular weight is 512 g/mol. The van der Waals surface area contributed by atoms with Crippen molar-refractivity contribution in [2.24, 2.45) is 10.4 Å². The van der Waals surface area contributed by atoms with Gasteiger partial charge in [-0.1, -0.05) is 25.1 Å². The number of nitrogens with one attached hydrogen (secondary N) is 2. The zero-order chi connectivity index (χ0) is 19.8. The van der Waals surface area contributed by atoms with Crippen molar-refractivity contribution in [3.05, 3.63) is 29.8 Å². The minimum absolute atomic E-state index is 0. The first-order valence-electron chi connectivity index (χ1n) is 10.5. The van der Waals surface area contributed by atoms with Gasteiger partial charge in [0.2, 0.25) is 5.91 Å². The van der Waals surface area contributed by atoms with Crippen LogP contribution in [0.5, 0.6) is 5.75 Å². The summed E-state index contributed by atoms with van der Waals surface area (Å²) in [5, 5.41) is 6.77. The lowest BCUT2D eigenvalue weighted by molar-refractivity contribution is -0.119. The topological polar surface area (TPSA) is 66.0 Å². The second-order valence-electron chi connectivity index (χ2n) is 8.80. The molecule has 7 heteroatoms. The van der Waals surface area contributed by atoms with Crippen molar-refractivity contribution in [1.82, 2.24) is 15.5 Å². The lowest BCUT2D eigenvalue weighted by atomic mass is 9.79. The zero-order valence-corrected chi connectivity index (χ0v) is 20.0. The molecule has 3 atom stereocenters. The summed E-state index contributed by atoms with van der Waals surface area (Å²) in [6.07, 6.45) is 3.93. The van der Waals surface area contributed by atoms with E-state index >= 15 is 0 Å². The number of methoxy groups -OCH3 is 1. The van der Waals surface area contributed by atoms with Gasteiger partial charge < -0.3 is 20.3 Å². The second-order valence-corrected chi connectivity index (χ2v) is 8.80. The van der Waals surface area contributed by atoms with Crippen molar-refractivity contribution in [2.45, 2.75) is 51.0 Å². The fourth-order valence-electron chi connectivity index (χ4n) is 4.96. The summed E-state index contributed by atoms with van der Waals surface area (Å²) in [5.74, 6) is 2.13. The molecule has 2 saturated heterocycles. The van der Waals surface area contributed by atoms with Gasteiger partial charge >= 0.3 is 0 Å². The molecular formula is C22H33IN4O2. The number of para-hydroxylation sites is 1. The Labute approximate surface area is 190 Å². The number of hydrogen-bond donors (Lipinski definition) is 2. The summed E-state index contributed by atoms with van der Waals surface area (Å²) in [4.78, 5) is 19.0. The van der Waals surface area contributed by atoms with Crippen molar-refractivity contribution >= 4 is 35.8 Å².